The number of aryl methyl sites for hydroxylation is 1. The Morgan fingerprint density at radius 2 is 1.61 bits per heavy atom. The molecule has 3 aromatic rings. The Morgan fingerprint density at radius 3 is 2.26 bits per heavy atom. The SMILES string of the molecule is Cc1ccccc1C(NC(=O)CN(c1cccc(Cl)c1Cl)S(C)(=O)=O)c1ccccc1. The fraction of sp³-hybridized carbons (Fsp3) is 0.174. The Labute approximate surface area is 192 Å². The molecule has 3 aromatic carbocycles. The van der Waals surface area contributed by atoms with Crippen molar-refractivity contribution in [1.29, 1.82) is 0 Å². The lowest BCUT2D eigenvalue weighted by molar-refractivity contribution is -0.120. The third-order valence-electron chi connectivity index (χ3n) is 4.83. The lowest BCUT2D eigenvalue weighted by atomic mass is 9.95. The van der Waals surface area contributed by atoms with Gasteiger partial charge in [-0.2, -0.15) is 0 Å². The van der Waals surface area contributed by atoms with Crippen LogP contribution in [0.2, 0.25) is 10.0 Å². The molecule has 5 nitrogen and oxygen atoms in total. The van der Waals surface area contributed by atoms with Gasteiger partial charge >= 0.3 is 0 Å². The quantitative estimate of drug-likeness (QED) is 0.523. The van der Waals surface area contributed by atoms with Crippen molar-refractivity contribution in [2.45, 2.75) is 13.0 Å². The van der Waals surface area contributed by atoms with E-state index < -0.39 is 28.5 Å². The largest absolute Gasteiger partial charge is 0.344 e. The van der Waals surface area contributed by atoms with Gasteiger partial charge in [0.25, 0.3) is 0 Å². The highest BCUT2D eigenvalue weighted by Crippen LogP contribution is 2.33. The summed E-state index contributed by atoms with van der Waals surface area (Å²) in [5, 5.41) is 3.25. The van der Waals surface area contributed by atoms with Gasteiger partial charge < -0.3 is 5.32 Å². The maximum atomic E-state index is 13.0. The molecule has 0 bridgehead atoms. The summed E-state index contributed by atoms with van der Waals surface area (Å²) in [6, 6.07) is 21.5. The Bertz CT molecular complexity index is 1180. The normalized spacial score (nSPS) is 12.3. The maximum absolute atomic E-state index is 13.0. The van der Waals surface area contributed by atoms with Gasteiger partial charge in [-0.25, -0.2) is 8.42 Å². The molecule has 31 heavy (non-hydrogen) atoms. The predicted molar refractivity (Wildman–Crippen MR) is 126 cm³/mol. The van der Waals surface area contributed by atoms with E-state index in [1.54, 1.807) is 12.1 Å². The molecule has 162 valence electrons. The van der Waals surface area contributed by atoms with Crippen LogP contribution in [-0.4, -0.2) is 27.1 Å². The first-order valence-electron chi connectivity index (χ1n) is 9.50. The molecule has 0 heterocycles. The van der Waals surface area contributed by atoms with Crippen molar-refractivity contribution in [3.05, 3.63) is 99.5 Å². The number of hydrogen-bond donors (Lipinski definition) is 1. The number of amides is 1. The summed E-state index contributed by atoms with van der Waals surface area (Å²) in [7, 11) is -3.80. The molecule has 0 radical (unpaired) electrons. The van der Waals surface area contributed by atoms with E-state index in [1.165, 1.54) is 6.07 Å². The smallest absolute Gasteiger partial charge is 0.241 e. The van der Waals surface area contributed by atoms with E-state index in [0.717, 1.165) is 27.3 Å². The standard InChI is InChI=1S/C23H22Cl2N2O3S/c1-16-9-6-7-12-18(16)23(17-10-4-3-5-11-17)26-21(28)15-27(31(2,29)30)20-14-8-13-19(24)22(20)25/h3-14,23H,15H2,1-2H3,(H,26,28). The average molecular weight is 477 g/mol. The molecule has 8 heteroatoms. The van der Waals surface area contributed by atoms with Crippen LogP contribution >= 0.6 is 23.2 Å². The molecule has 1 atom stereocenters. The van der Waals surface area contributed by atoms with Crippen LogP contribution in [0.25, 0.3) is 0 Å². The second-order valence-corrected chi connectivity index (χ2v) is 9.80. The van der Waals surface area contributed by atoms with E-state index in [2.05, 4.69) is 5.32 Å². The first-order valence-corrected chi connectivity index (χ1v) is 12.1. The topological polar surface area (TPSA) is 66.5 Å². The lowest BCUT2D eigenvalue weighted by Crippen LogP contribution is -2.42. The number of nitrogens with zero attached hydrogens (tertiary/aromatic N) is 1. The molecule has 0 spiro atoms. The number of rotatable bonds is 7. The first-order chi connectivity index (χ1) is 14.7. The van der Waals surface area contributed by atoms with Crippen LogP contribution in [0.1, 0.15) is 22.7 Å². The zero-order chi connectivity index (χ0) is 22.6. The minimum atomic E-state index is -3.80. The van der Waals surface area contributed by atoms with Gasteiger partial charge in [0.05, 0.1) is 28.0 Å². The fourth-order valence-corrected chi connectivity index (χ4v) is 4.61. The van der Waals surface area contributed by atoms with Gasteiger partial charge in [0, 0.05) is 0 Å². The number of nitrogens with one attached hydrogen (secondary N) is 1. The van der Waals surface area contributed by atoms with Crippen LogP contribution in [0, 0.1) is 6.92 Å². The molecule has 1 N–H and O–H groups in total. The van der Waals surface area contributed by atoms with Crippen molar-refractivity contribution in [1.82, 2.24) is 5.32 Å². The van der Waals surface area contributed by atoms with Crippen molar-refractivity contribution in [3.8, 4) is 0 Å². The summed E-state index contributed by atoms with van der Waals surface area (Å²) in [5.74, 6) is -0.474. The zero-order valence-electron chi connectivity index (χ0n) is 17.0. The summed E-state index contributed by atoms with van der Waals surface area (Å²) >= 11 is 12.3. The van der Waals surface area contributed by atoms with Crippen LogP contribution in [0.3, 0.4) is 0 Å². The van der Waals surface area contributed by atoms with Crippen molar-refractivity contribution in [2.75, 3.05) is 17.1 Å². The molecule has 0 aromatic heterocycles. The third kappa shape index (κ3) is 5.58. The number of carbonyl (C=O) groups excluding carboxylic acids is 1. The second-order valence-electron chi connectivity index (χ2n) is 7.11. The van der Waals surface area contributed by atoms with E-state index >= 15 is 0 Å². The Kier molecular flexibility index (Phi) is 7.26. The van der Waals surface area contributed by atoms with E-state index in [1.807, 2.05) is 61.5 Å². The molecule has 0 saturated heterocycles. The van der Waals surface area contributed by atoms with Crippen LogP contribution < -0.4 is 9.62 Å². The molecule has 0 aliphatic carbocycles. The van der Waals surface area contributed by atoms with Crippen molar-refractivity contribution < 1.29 is 13.2 Å². The maximum Gasteiger partial charge on any atom is 0.241 e. The van der Waals surface area contributed by atoms with Gasteiger partial charge in [-0.15, -0.1) is 0 Å². The summed E-state index contributed by atoms with van der Waals surface area (Å²) in [6.45, 7) is 1.53. The summed E-state index contributed by atoms with van der Waals surface area (Å²) in [4.78, 5) is 13.0. The predicted octanol–water partition coefficient (Wildman–Crippen LogP) is 4.97. The Hall–Kier alpha value is -2.54. The fourth-order valence-electron chi connectivity index (χ4n) is 3.30. The van der Waals surface area contributed by atoms with Gasteiger partial charge in [0.1, 0.15) is 6.54 Å². The first kappa shape index (κ1) is 23.1. The number of carbonyl (C=O) groups is 1. The average Bonchev–Trinajstić information content (AvgIpc) is 2.73. The Balaban J connectivity index is 1.94. The van der Waals surface area contributed by atoms with Gasteiger partial charge in [0.15, 0.2) is 0 Å². The molecular weight excluding hydrogens is 455 g/mol. The molecule has 0 aliphatic heterocycles. The van der Waals surface area contributed by atoms with Crippen LogP contribution in [0.15, 0.2) is 72.8 Å². The van der Waals surface area contributed by atoms with Crippen molar-refractivity contribution in [3.63, 3.8) is 0 Å². The highest BCUT2D eigenvalue weighted by molar-refractivity contribution is 7.92. The number of anilines is 1. The molecular formula is C23H22Cl2N2O3S. The summed E-state index contributed by atoms with van der Waals surface area (Å²) in [5.41, 5.74) is 2.97. The third-order valence-corrected chi connectivity index (χ3v) is 6.76. The summed E-state index contributed by atoms with van der Waals surface area (Å²) in [6.07, 6.45) is 1.02. The van der Waals surface area contributed by atoms with E-state index in [-0.39, 0.29) is 15.7 Å². The summed E-state index contributed by atoms with van der Waals surface area (Å²) < 4.78 is 25.9. The van der Waals surface area contributed by atoms with Gasteiger partial charge in [0.2, 0.25) is 15.9 Å². The van der Waals surface area contributed by atoms with E-state index in [9.17, 15) is 13.2 Å². The molecule has 3 rings (SSSR count). The van der Waals surface area contributed by atoms with Crippen LogP contribution in [-0.2, 0) is 14.8 Å². The highest BCUT2D eigenvalue weighted by Gasteiger charge is 2.26. The number of sulfonamides is 1. The molecule has 1 amide bonds. The van der Waals surface area contributed by atoms with Gasteiger partial charge in [-0.05, 0) is 35.7 Å². The minimum Gasteiger partial charge on any atom is -0.344 e. The number of halogens is 2. The van der Waals surface area contributed by atoms with Crippen molar-refractivity contribution in [2.24, 2.45) is 0 Å². The number of benzene rings is 3. The van der Waals surface area contributed by atoms with Gasteiger partial charge in [-0.3, -0.25) is 9.10 Å². The number of hydrogen-bond acceptors (Lipinski definition) is 3. The molecule has 0 saturated carbocycles. The minimum absolute atomic E-state index is 0.0703. The van der Waals surface area contributed by atoms with E-state index in [0.29, 0.717) is 0 Å². The second kappa shape index (κ2) is 9.73. The van der Waals surface area contributed by atoms with Crippen LogP contribution in [0.4, 0.5) is 5.69 Å². The Morgan fingerprint density at radius 1 is 0.968 bits per heavy atom. The van der Waals surface area contributed by atoms with Crippen molar-refractivity contribution >= 4 is 44.8 Å². The highest BCUT2D eigenvalue weighted by atomic mass is 35.5. The monoisotopic (exact) mass is 476 g/mol. The lowest BCUT2D eigenvalue weighted by Gasteiger charge is -2.26. The molecule has 0 aliphatic rings. The van der Waals surface area contributed by atoms with Crippen LogP contribution in [0.5, 0.6) is 0 Å². The van der Waals surface area contributed by atoms with E-state index in [4.69, 9.17) is 23.2 Å². The molecule has 0 fully saturated rings. The zero-order valence-corrected chi connectivity index (χ0v) is 19.4. The molecule has 1 unspecified atom stereocenters. The van der Waals surface area contributed by atoms with Gasteiger partial charge in [-0.1, -0.05) is 83.9 Å².